The van der Waals surface area contributed by atoms with Crippen LogP contribution in [-0.2, 0) is 15.0 Å². The molecule has 0 saturated heterocycles. The highest BCUT2D eigenvalue weighted by molar-refractivity contribution is 6.43. The Labute approximate surface area is 145 Å². The third-order valence-electron chi connectivity index (χ3n) is 3.53. The summed E-state index contributed by atoms with van der Waals surface area (Å²) in [4.78, 5) is 34.3. The van der Waals surface area contributed by atoms with Gasteiger partial charge >= 0.3 is 11.8 Å². The number of benzene rings is 2. The molecule has 0 atom stereocenters. The van der Waals surface area contributed by atoms with Gasteiger partial charge in [0.2, 0.25) is 0 Å². The van der Waals surface area contributed by atoms with Crippen LogP contribution in [0, 0.1) is 10.1 Å². The zero-order valence-corrected chi connectivity index (χ0v) is 14.2. The first kappa shape index (κ1) is 18.1. The van der Waals surface area contributed by atoms with Crippen LogP contribution < -0.4 is 10.6 Å². The Morgan fingerprint density at radius 1 is 0.920 bits per heavy atom. The first-order valence-electron chi connectivity index (χ1n) is 7.65. The van der Waals surface area contributed by atoms with Crippen molar-refractivity contribution in [3.8, 4) is 0 Å². The van der Waals surface area contributed by atoms with E-state index in [-0.39, 0.29) is 11.1 Å². The van der Waals surface area contributed by atoms with Gasteiger partial charge < -0.3 is 10.6 Å². The maximum atomic E-state index is 12.1. The number of nitrogens with one attached hydrogen (secondary N) is 2. The Morgan fingerprint density at radius 3 is 2.04 bits per heavy atom. The second-order valence-corrected chi connectivity index (χ2v) is 6.51. The van der Waals surface area contributed by atoms with Crippen molar-refractivity contribution < 1.29 is 14.5 Å². The van der Waals surface area contributed by atoms with Crippen molar-refractivity contribution >= 4 is 28.9 Å². The number of rotatable bonds is 3. The van der Waals surface area contributed by atoms with Gasteiger partial charge in [0.1, 0.15) is 0 Å². The van der Waals surface area contributed by atoms with Crippen LogP contribution in [0.25, 0.3) is 0 Å². The molecule has 2 aromatic carbocycles. The fraction of sp³-hybridized carbons (Fsp3) is 0.222. The molecular weight excluding hydrogens is 322 g/mol. The van der Waals surface area contributed by atoms with Crippen LogP contribution >= 0.6 is 0 Å². The molecule has 2 amide bonds. The van der Waals surface area contributed by atoms with E-state index in [1.807, 2.05) is 32.9 Å². The predicted molar refractivity (Wildman–Crippen MR) is 95.5 cm³/mol. The number of hydrogen-bond acceptors (Lipinski definition) is 4. The van der Waals surface area contributed by atoms with Gasteiger partial charge in [-0.25, -0.2) is 0 Å². The molecular formula is C18H19N3O4. The van der Waals surface area contributed by atoms with E-state index in [0.717, 1.165) is 5.56 Å². The van der Waals surface area contributed by atoms with Crippen LogP contribution in [-0.4, -0.2) is 16.7 Å². The topological polar surface area (TPSA) is 101 Å². The van der Waals surface area contributed by atoms with E-state index >= 15 is 0 Å². The molecule has 0 aliphatic rings. The van der Waals surface area contributed by atoms with Crippen molar-refractivity contribution in [1.29, 1.82) is 0 Å². The van der Waals surface area contributed by atoms with Crippen LogP contribution in [0.5, 0.6) is 0 Å². The van der Waals surface area contributed by atoms with Crippen LogP contribution in [0.3, 0.4) is 0 Å². The van der Waals surface area contributed by atoms with E-state index in [1.165, 1.54) is 24.3 Å². The number of hydrogen-bond donors (Lipinski definition) is 2. The molecule has 7 heteroatoms. The van der Waals surface area contributed by atoms with Gasteiger partial charge in [-0.05, 0) is 29.2 Å². The molecule has 0 radical (unpaired) electrons. The molecule has 0 fully saturated rings. The fourth-order valence-electron chi connectivity index (χ4n) is 2.28. The Morgan fingerprint density at radius 2 is 1.48 bits per heavy atom. The lowest BCUT2D eigenvalue weighted by Crippen LogP contribution is -2.30. The summed E-state index contributed by atoms with van der Waals surface area (Å²) in [6.07, 6.45) is 0. The van der Waals surface area contributed by atoms with Crippen LogP contribution in [0.1, 0.15) is 26.3 Å². The number of anilines is 2. The molecule has 7 nitrogen and oxygen atoms in total. The largest absolute Gasteiger partial charge is 0.318 e. The third-order valence-corrected chi connectivity index (χ3v) is 3.53. The van der Waals surface area contributed by atoms with Gasteiger partial charge in [-0.2, -0.15) is 0 Å². The molecule has 130 valence electrons. The molecule has 0 spiro atoms. The monoisotopic (exact) mass is 341 g/mol. The summed E-state index contributed by atoms with van der Waals surface area (Å²) in [5.74, 6) is -1.66. The minimum atomic E-state index is -0.849. The van der Waals surface area contributed by atoms with Gasteiger partial charge in [-0.15, -0.1) is 0 Å². The van der Waals surface area contributed by atoms with Crippen molar-refractivity contribution in [1.82, 2.24) is 0 Å². The van der Waals surface area contributed by atoms with Crippen LogP contribution in [0.2, 0.25) is 0 Å². The highest BCUT2D eigenvalue weighted by Crippen LogP contribution is 2.29. The molecule has 2 rings (SSSR count). The highest BCUT2D eigenvalue weighted by atomic mass is 16.6. The number of para-hydroxylation sites is 1. The number of nitrogens with zero attached hydrogens (tertiary/aromatic N) is 1. The second-order valence-electron chi connectivity index (χ2n) is 6.51. The lowest BCUT2D eigenvalue weighted by atomic mass is 9.86. The van der Waals surface area contributed by atoms with Gasteiger partial charge in [0.15, 0.2) is 0 Å². The van der Waals surface area contributed by atoms with E-state index in [0.29, 0.717) is 11.4 Å². The molecule has 0 heterocycles. The average molecular weight is 341 g/mol. The average Bonchev–Trinajstić information content (AvgIpc) is 2.54. The first-order valence-corrected chi connectivity index (χ1v) is 7.65. The summed E-state index contributed by atoms with van der Waals surface area (Å²) in [5, 5.41) is 15.6. The molecule has 0 aromatic heterocycles. The highest BCUT2D eigenvalue weighted by Gasteiger charge is 2.21. The Balaban J connectivity index is 2.09. The zero-order valence-electron chi connectivity index (χ0n) is 14.2. The van der Waals surface area contributed by atoms with Crippen molar-refractivity contribution in [3.05, 3.63) is 64.2 Å². The lowest BCUT2D eigenvalue weighted by Gasteiger charge is -2.22. The molecule has 2 aromatic rings. The summed E-state index contributed by atoms with van der Waals surface area (Å²) < 4.78 is 0. The minimum Gasteiger partial charge on any atom is -0.318 e. The molecule has 0 bridgehead atoms. The molecule has 0 aliphatic carbocycles. The Bertz CT molecular complexity index is 808. The van der Waals surface area contributed by atoms with Gasteiger partial charge in [0.25, 0.3) is 5.69 Å². The normalized spacial score (nSPS) is 10.8. The number of nitro groups is 1. The van der Waals surface area contributed by atoms with E-state index in [1.54, 1.807) is 12.1 Å². The molecule has 0 aliphatic heterocycles. The molecule has 25 heavy (non-hydrogen) atoms. The zero-order chi connectivity index (χ0) is 18.6. The van der Waals surface area contributed by atoms with E-state index in [2.05, 4.69) is 10.6 Å². The summed E-state index contributed by atoms with van der Waals surface area (Å²) in [6.45, 7) is 6.03. The first-order chi connectivity index (χ1) is 11.7. The van der Waals surface area contributed by atoms with E-state index in [9.17, 15) is 19.7 Å². The third kappa shape index (κ3) is 4.63. The maximum Gasteiger partial charge on any atom is 0.314 e. The number of non-ortho nitro benzene ring substituents is 1. The minimum absolute atomic E-state index is 0.0958. The van der Waals surface area contributed by atoms with E-state index in [4.69, 9.17) is 0 Å². The van der Waals surface area contributed by atoms with Crippen LogP contribution in [0.15, 0.2) is 48.5 Å². The summed E-state index contributed by atoms with van der Waals surface area (Å²) in [5.41, 5.74) is 1.49. The Hall–Kier alpha value is -3.22. The number of nitro benzene ring substituents is 1. The van der Waals surface area contributed by atoms with Crippen molar-refractivity contribution in [2.24, 2.45) is 0 Å². The maximum absolute atomic E-state index is 12.1. The molecule has 2 N–H and O–H groups in total. The smallest absolute Gasteiger partial charge is 0.314 e. The number of carbonyl (C=O) groups is 2. The lowest BCUT2D eigenvalue weighted by molar-refractivity contribution is -0.384. The number of amides is 2. The van der Waals surface area contributed by atoms with E-state index < -0.39 is 16.7 Å². The molecule has 0 unspecified atom stereocenters. The van der Waals surface area contributed by atoms with Gasteiger partial charge in [-0.1, -0.05) is 39.0 Å². The second kappa shape index (κ2) is 7.12. The SMILES string of the molecule is CC(C)(C)c1ccccc1NC(=O)C(=O)Nc1ccc([N+](=O)[O-])cc1. The standard InChI is InChI=1S/C18H19N3O4/c1-18(2,3)14-6-4-5-7-15(14)20-17(23)16(22)19-12-8-10-13(11-9-12)21(24)25/h4-11H,1-3H3,(H,19,22)(H,20,23). The Kier molecular flexibility index (Phi) is 5.17. The van der Waals surface area contributed by atoms with Crippen molar-refractivity contribution in [3.63, 3.8) is 0 Å². The summed E-state index contributed by atoms with van der Waals surface area (Å²) >= 11 is 0. The number of carbonyl (C=O) groups excluding carboxylic acids is 2. The fourth-order valence-corrected chi connectivity index (χ4v) is 2.28. The van der Waals surface area contributed by atoms with Crippen LogP contribution in [0.4, 0.5) is 17.1 Å². The van der Waals surface area contributed by atoms with Gasteiger partial charge in [-0.3, -0.25) is 19.7 Å². The summed E-state index contributed by atoms with van der Waals surface area (Å²) in [6, 6.07) is 12.5. The molecule has 0 saturated carbocycles. The van der Waals surface area contributed by atoms with Gasteiger partial charge in [0, 0.05) is 23.5 Å². The quantitative estimate of drug-likeness (QED) is 0.507. The summed E-state index contributed by atoms with van der Waals surface area (Å²) in [7, 11) is 0. The van der Waals surface area contributed by atoms with Gasteiger partial charge in [0.05, 0.1) is 4.92 Å². The van der Waals surface area contributed by atoms with Crippen molar-refractivity contribution in [2.45, 2.75) is 26.2 Å². The predicted octanol–water partition coefficient (Wildman–Crippen LogP) is 3.47. The van der Waals surface area contributed by atoms with Crippen molar-refractivity contribution in [2.75, 3.05) is 10.6 Å².